The van der Waals surface area contributed by atoms with Crippen LogP contribution >= 0.6 is 11.3 Å². The highest BCUT2D eigenvalue weighted by molar-refractivity contribution is 7.12. The van der Waals surface area contributed by atoms with Crippen molar-refractivity contribution in [3.8, 4) is 11.5 Å². The molecule has 9 heteroatoms. The summed E-state index contributed by atoms with van der Waals surface area (Å²) in [4.78, 5) is 25.2. The summed E-state index contributed by atoms with van der Waals surface area (Å²) in [6.45, 7) is 0. The highest BCUT2D eigenvalue weighted by Crippen LogP contribution is 2.40. The lowest BCUT2D eigenvalue weighted by Gasteiger charge is -2.11. The third kappa shape index (κ3) is 4.53. The molecule has 1 amide bonds. The molecule has 0 aliphatic heterocycles. The van der Waals surface area contributed by atoms with E-state index in [0.29, 0.717) is 32.8 Å². The van der Waals surface area contributed by atoms with E-state index in [0.717, 1.165) is 0 Å². The summed E-state index contributed by atoms with van der Waals surface area (Å²) in [5, 5.41) is 25.1. The minimum atomic E-state index is -0.527. The molecular formula is C24H19N3O5S. The van der Waals surface area contributed by atoms with Gasteiger partial charge in [-0.25, -0.2) is 4.79 Å². The summed E-state index contributed by atoms with van der Waals surface area (Å²) in [5.74, 6) is -0.700. The third-order valence-corrected chi connectivity index (χ3v) is 5.74. The van der Waals surface area contributed by atoms with Gasteiger partial charge in [-0.2, -0.15) is 0 Å². The molecule has 2 N–H and O–H groups in total. The van der Waals surface area contributed by atoms with Crippen LogP contribution < -0.4 is 10.1 Å². The maximum absolute atomic E-state index is 13.0. The number of ether oxygens (including phenoxy) is 2. The van der Waals surface area contributed by atoms with Gasteiger partial charge in [-0.3, -0.25) is 4.79 Å². The fourth-order valence-corrected chi connectivity index (χ4v) is 3.94. The number of rotatable bonds is 6. The number of phenolic OH excluding ortho intramolecular Hbond substituents is 1. The van der Waals surface area contributed by atoms with Crippen molar-refractivity contribution in [2.75, 3.05) is 19.5 Å². The van der Waals surface area contributed by atoms with Gasteiger partial charge in [0.05, 0.1) is 19.8 Å². The van der Waals surface area contributed by atoms with Crippen LogP contribution in [0.25, 0.3) is 10.8 Å². The number of esters is 1. The number of hydrogen-bond acceptors (Lipinski definition) is 8. The zero-order valence-electron chi connectivity index (χ0n) is 17.7. The molecule has 0 saturated carbocycles. The van der Waals surface area contributed by atoms with E-state index in [-0.39, 0.29) is 17.0 Å². The van der Waals surface area contributed by atoms with E-state index in [1.807, 2.05) is 12.1 Å². The molecule has 33 heavy (non-hydrogen) atoms. The van der Waals surface area contributed by atoms with E-state index in [4.69, 9.17) is 9.47 Å². The lowest BCUT2D eigenvalue weighted by molar-refractivity contribution is 0.0607. The number of hydrogen-bond donors (Lipinski definition) is 2. The standard InChI is InChI=1S/C24H19N3O5S/c1-31-16-9-7-15(8-10-16)25-23(29)18-13-14-5-3-4-6-17(14)20(21(18)28)27-26-19-11-12-33-22(19)24(30)32-2/h3-13,28H,1-2H3,(H,25,29). The number of anilines is 1. The van der Waals surface area contributed by atoms with Crippen LogP contribution in [0.4, 0.5) is 17.1 Å². The molecule has 0 aliphatic rings. The summed E-state index contributed by atoms with van der Waals surface area (Å²) in [6, 6.07) is 17.2. The third-order valence-electron chi connectivity index (χ3n) is 4.86. The van der Waals surface area contributed by atoms with Crippen molar-refractivity contribution in [2.24, 2.45) is 10.2 Å². The molecule has 0 bridgehead atoms. The average molecular weight is 461 g/mol. The maximum Gasteiger partial charge on any atom is 0.350 e. The predicted octanol–water partition coefficient (Wildman–Crippen LogP) is 6.07. The SMILES string of the molecule is COC(=O)c1sccc1N=Nc1c(O)c(C(=O)Nc2ccc(OC)cc2)cc2ccccc12. The van der Waals surface area contributed by atoms with Gasteiger partial charge in [0.25, 0.3) is 5.91 Å². The van der Waals surface area contributed by atoms with Crippen LogP contribution in [0.2, 0.25) is 0 Å². The Labute approximate surface area is 193 Å². The normalized spacial score (nSPS) is 11.0. The Morgan fingerprint density at radius 1 is 1.00 bits per heavy atom. The largest absolute Gasteiger partial charge is 0.505 e. The van der Waals surface area contributed by atoms with Crippen molar-refractivity contribution in [3.05, 3.63) is 76.5 Å². The van der Waals surface area contributed by atoms with E-state index >= 15 is 0 Å². The highest BCUT2D eigenvalue weighted by Gasteiger charge is 2.19. The van der Waals surface area contributed by atoms with Crippen molar-refractivity contribution in [1.29, 1.82) is 0 Å². The summed E-state index contributed by atoms with van der Waals surface area (Å²) < 4.78 is 9.89. The van der Waals surface area contributed by atoms with E-state index in [1.165, 1.54) is 18.4 Å². The number of azo groups is 1. The smallest absolute Gasteiger partial charge is 0.350 e. The van der Waals surface area contributed by atoms with Crippen LogP contribution in [0.1, 0.15) is 20.0 Å². The van der Waals surface area contributed by atoms with E-state index in [1.54, 1.807) is 61.0 Å². The van der Waals surface area contributed by atoms with Gasteiger partial charge in [0.15, 0.2) is 5.75 Å². The summed E-state index contributed by atoms with van der Waals surface area (Å²) in [7, 11) is 2.84. The van der Waals surface area contributed by atoms with Crippen LogP contribution in [0.3, 0.4) is 0 Å². The first-order chi connectivity index (χ1) is 16.0. The highest BCUT2D eigenvalue weighted by atomic mass is 32.1. The van der Waals surface area contributed by atoms with Crippen LogP contribution in [-0.2, 0) is 4.74 Å². The van der Waals surface area contributed by atoms with Crippen LogP contribution in [0.5, 0.6) is 11.5 Å². The second-order valence-electron chi connectivity index (χ2n) is 6.85. The number of fused-ring (bicyclic) bond motifs is 1. The monoisotopic (exact) mass is 461 g/mol. The fraction of sp³-hybridized carbons (Fsp3) is 0.0833. The minimum Gasteiger partial charge on any atom is -0.505 e. The predicted molar refractivity (Wildman–Crippen MR) is 126 cm³/mol. The zero-order valence-corrected chi connectivity index (χ0v) is 18.6. The van der Waals surface area contributed by atoms with Crippen LogP contribution in [0, 0.1) is 0 Å². The molecule has 8 nitrogen and oxygen atoms in total. The molecule has 4 aromatic rings. The molecule has 0 atom stereocenters. The number of thiophene rings is 1. The lowest BCUT2D eigenvalue weighted by Crippen LogP contribution is -2.12. The lowest BCUT2D eigenvalue weighted by atomic mass is 10.0. The van der Waals surface area contributed by atoms with Gasteiger partial charge in [-0.15, -0.1) is 21.6 Å². The number of nitrogens with zero attached hydrogens (tertiary/aromatic N) is 2. The van der Waals surface area contributed by atoms with Crippen LogP contribution in [-0.4, -0.2) is 31.2 Å². The van der Waals surface area contributed by atoms with Gasteiger partial charge in [0, 0.05) is 11.1 Å². The Morgan fingerprint density at radius 2 is 1.76 bits per heavy atom. The Balaban J connectivity index is 1.74. The van der Waals surface area contributed by atoms with Gasteiger partial charge in [0.1, 0.15) is 22.0 Å². The van der Waals surface area contributed by atoms with Crippen molar-refractivity contribution in [2.45, 2.75) is 0 Å². The van der Waals surface area contributed by atoms with Crippen molar-refractivity contribution < 1.29 is 24.2 Å². The quantitative estimate of drug-likeness (QED) is 0.267. The van der Waals surface area contributed by atoms with Gasteiger partial charge in [0.2, 0.25) is 0 Å². The van der Waals surface area contributed by atoms with Crippen molar-refractivity contribution in [3.63, 3.8) is 0 Å². The second-order valence-corrected chi connectivity index (χ2v) is 7.77. The fourth-order valence-electron chi connectivity index (χ4n) is 3.20. The number of nitrogens with one attached hydrogen (secondary N) is 1. The number of carbonyl (C=O) groups excluding carboxylic acids is 2. The molecule has 0 unspecified atom stereocenters. The topological polar surface area (TPSA) is 110 Å². The molecule has 0 radical (unpaired) electrons. The number of aromatic hydroxyl groups is 1. The van der Waals surface area contributed by atoms with Crippen molar-refractivity contribution in [1.82, 2.24) is 0 Å². The number of methoxy groups -OCH3 is 2. The first kappa shape index (κ1) is 22.0. The number of benzene rings is 3. The number of amides is 1. The Morgan fingerprint density at radius 3 is 2.48 bits per heavy atom. The minimum absolute atomic E-state index is 0.0389. The molecule has 0 spiro atoms. The second kappa shape index (κ2) is 9.49. The van der Waals surface area contributed by atoms with E-state index in [9.17, 15) is 14.7 Å². The average Bonchev–Trinajstić information content (AvgIpc) is 3.31. The summed E-state index contributed by atoms with van der Waals surface area (Å²) >= 11 is 1.17. The summed E-state index contributed by atoms with van der Waals surface area (Å²) in [5.41, 5.74) is 1.01. The van der Waals surface area contributed by atoms with Gasteiger partial charge in [-0.1, -0.05) is 24.3 Å². The maximum atomic E-state index is 13.0. The van der Waals surface area contributed by atoms with Gasteiger partial charge in [-0.05, 0) is 47.2 Å². The molecule has 0 saturated heterocycles. The molecule has 1 heterocycles. The van der Waals surface area contributed by atoms with E-state index < -0.39 is 11.9 Å². The first-order valence-electron chi connectivity index (χ1n) is 9.79. The molecule has 0 aliphatic carbocycles. The van der Waals surface area contributed by atoms with E-state index in [2.05, 4.69) is 15.5 Å². The number of carbonyl (C=O) groups is 2. The first-order valence-corrected chi connectivity index (χ1v) is 10.7. The molecule has 166 valence electrons. The molecule has 3 aromatic carbocycles. The van der Waals surface area contributed by atoms with Gasteiger partial charge >= 0.3 is 5.97 Å². The Kier molecular flexibility index (Phi) is 6.32. The molecule has 4 rings (SSSR count). The molecular weight excluding hydrogens is 442 g/mol. The molecule has 1 aromatic heterocycles. The van der Waals surface area contributed by atoms with Gasteiger partial charge < -0.3 is 19.9 Å². The molecule has 0 fully saturated rings. The van der Waals surface area contributed by atoms with Crippen molar-refractivity contribution >= 4 is 51.0 Å². The zero-order chi connectivity index (χ0) is 23.4. The summed E-state index contributed by atoms with van der Waals surface area (Å²) in [6.07, 6.45) is 0. The number of phenols is 1. The Bertz CT molecular complexity index is 1360. The van der Waals surface area contributed by atoms with Crippen LogP contribution in [0.15, 0.2) is 76.3 Å². The Hall–Kier alpha value is -4.24.